The summed E-state index contributed by atoms with van der Waals surface area (Å²) >= 11 is 0. The molecule has 0 saturated carbocycles. The molecule has 0 heterocycles. The van der Waals surface area contributed by atoms with Crippen molar-refractivity contribution in [1.29, 1.82) is 0 Å². The Morgan fingerprint density at radius 3 is 2.17 bits per heavy atom. The summed E-state index contributed by atoms with van der Waals surface area (Å²) < 4.78 is 11.9. The molecular formula is C18H32O3Si2. The van der Waals surface area contributed by atoms with Gasteiger partial charge in [0.1, 0.15) is 5.75 Å². The molecule has 1 aromatic carbocycles. The molecule has 0 aliphatic heterocycles. The van der Waals surface area contributed by atoms with Gasteiger partial charge in [0.2, 0.25) is 0 Å². The topological polar surface area (TPSA) is 35.5 Å². The number of benzene rings is 1. The molecule has 0 bridgehead atoms. The van der Waals surface area contributed by atoms with Crippen LogP contribution in [0.5, 0.6) is 5.75 Å². The Kier molecular flexibility index (Phi) is 7.23. The van der Waals surface area contributed by atoms with Crippen molar-refractivity contribution >= 4 is 23.1 Å². The van der Waals surface area contributed by atoms with Crippen LogP contribution in [-0.2, 0) is 4.12 Å². The van der Waals surface area contributed by atoms with Crippen LogP contribution in [-0.4, -0.2) is 29.7 Å². The van der Waals surface area contributed by atoms with Crippen LogP contribution in [0.2, 0.25) is 32.2 Å². The van der Waals surface area contributed by atoms with Gasteiger partial charge in [-0.05, 0) is 62.9 Å². The molecule has 0 N–H and O–H groups in total. The van der Waals surface area contributed by atoms with Crippen LogP contribution in [0.15, 0.2) is 24.3 Å². The van der Waals surface area contributed by atoms with Crippen LogP contribution in [0.3, 0.4) is 0 Å². The third-order valence-corrected chi connectivity index (χ3v) is 9.04. The summed E-state index contributed by atoms with van der Waals surface area (Å²) in [7, 11) is -2.44. The highest BCUT2D eigenvalue weighted by molar-refractivity contribution is 6.77. The summed E-state index contributed by atoms with van der Waals surface area (Å²) in [5, 5.41) is 0. The lowest BCUT2D eigenvalue weighted by atomic mass is 9.86. The molecule has 0 spiro atoms. The first-order chi connectivity index (χ1) is 10.5. The van der Waals surface area contributed by atoms with E-state index in [1.165, 1.54) is 0 Å². The number of ether oxygens (including phenoxy) is 1. The predicted octanol–water partition coefficient (Wildman–Crippen LogP) is 4.89. The van der Waals surface area contributed by atoms with Gasteiger partial charge in [0.15, 0.2) is 23.1 Å². The summed E-state index contributed by atoms with van der Waals surface area (Å²) in [6.45, 7) is 15.5. The molecule has 1 unspecified atom stereocenters. The van der Waals surface area contributed by atoms with Crippen molar-refractivity contribution in [3.05, 3.63) is 29.8 Å². The number of rotatable bonds is 8. The third-order valence-electron chi connectivity index (χ3n) is 3.38. The molecule has 0 amide bonds. The monoisotopic (exact) mass is 352 g/mol. The van der Waals surface area contributed by atoms with Gasteiger partial charge in [-0.2, -0.15) is 0 Å². The zero-order chi connectivity index (χ0) is 17.7. The first kappa shape index (κ1) is 20.1. The van der Waals surface area contributed by atoms with Gasteiger partial charge in [-0.25, -0.2) is 0 Å². The Balaban J connectivity index is 2.38. The summed E-state index contributed by atoms with van der Waals surface area (Å²) in [6.07, 6.45) is 1.03. The summed E-state index contributed by atoms with van der Waals surface area (Å²) in [5.41, 5.74) is 0.397. The molecule has 0 aliphatic carbocycles. The number of carbonyl (C=O) groups excluding carboxylic acids is 1. The van der Waals surface area contributed by atoms with Gasteiger partial charge in [0.25, 0.3) is 0 Å². The Hall–Kier alpha value is -0.916. The molecule has 5 heteroatoms. The highest BCUT2D eigenvalue weighted by Crippen LogP contribution is 2.22. The highest BCUT2D eigenvalue weighted by atomic mass is 28.4. The second-order valence-corrected chi connectivity index (χ2v) is 15.5. The molecule has 0 fully saturated rings. The minimum atomic E-state index is -1.39. The number of hydrogen-bond donors (Lipinski definition) is 0. The third kappa shape index (κ3) is 7.95. The first-order valence-electron chi connectivity index (χ1n) is 8.44. The molecule has 1 aromatic rings. The normalized spacial score (nSPS) is 13.7. The van der Waals surface area contributed by atoms with Gasteiger partial charge in [0.05, 0.1) is 6.61 Å². The predicted molar refractivity (Wildman–Crippen MR) is 103 cm³/mol. The fourth-order valence-electron chi connectivity index (χ4n) is 2.36. The summed E-state index contributed by atoms with van der Waals surface area (Å²) in [5.74, 6) is 0.989. The standard InChI is InChI=1S/C18H32O3Si2/c1-18(2,3)17(19)15-9-11-16(12-10-15)20-13-8-14-22(4)21-23(5,6)7/h9-12,22H,8,13-14H2,1-7H3. The molecular weight excluding hydrogens is 320 g/mol. The highest BCUT2D eigenvalue weighted by Gasteiger charge is 2.22. The van der Waals surface area contributed by atoms with E-state index >= 15 is 0 Å². The van der Waals surface area contributed by atoms with E-state index in [4.69, 9.17) is 8.85 Å². The van der Waals surface area contributed by atoms with Gasteiger partial charge in [-0.1, -0.05) is 20.8 Å². The SMILES string of the molecule is C[SiH](CCCOc1ccc(C(=O)C(C)(C)C)cc1)O[Si](C)(C)C. The Morgan fingerprint density at radius 2 is 1.70 bits per heavy atom. The van der Waals surface area contributed by atoms with Crippen molar-refractivity contribution in [3.63, 3.8) is 0 Å². The fraction of sp³-hybridized carbons (Fsp3) is 0.611. The largest absolute Gasteiger partial charge is 0.494 e. The van der Waals surface area contributed by atoms with E-state index in [1.807, 2.05) is 45.0 Å². The van der Waals surface area contributed by atoms with E-state index < -0.39 is 17.4 Å². The Morgan fingerprint density at radius 1 is 1.13 bits per heavy atom. The van der Waals surface area contributed by atoms with Crippen molar-refractivity contribution in [1.82, 2.24) is 0 Å². The van der Waals surface area contributed by atoms with Crippen LogP contribution >= 0.6 is 0 Å². The molecule has 23 heavy (non-hydrogen) atoms. The fourth-order valence-corrected chi connectivity index (χ4v) is 8.40. The molecule has 0 aromatic heterocycles. The van der Waals surface area contributed by atoms with Gasteiger partial charge in [0, 0.05) is 11.0 Å². The van der Waals surface area contributed by atoms with Crippen LogP contribution in [0.25, 0.3) is 0 Å². The van der Waals surface area contributed by atoms with Gasteiger partial charge >= 0.3 is 0 Å². The van der Waals surface area contributed by atoms with Crippen molar-refractivity contribution in [2.75, 3.05) is 6.61 Å². The van der Waals surface area contributed by atoms with E-state index in [0.717, 1.165) is 23.8 Å². The average molecular weight is 353 g/mol. The van der Waals surface area contributed by atoms with E-state index in [2.05, 4.69) is 26.2 Å². The van der Waals surface area contributed by atoms with Crippen molar-refractivity contribution in [3.8, 4) is 5.75 Å². The van der Waals surface area contributed by atoms with E-state index in [-0.39, 0.29) is 11.2 Å². The van der Waals surface area contributed by atoms with Crippen molar-refractivity contribution < 1.29 is 13.6 Å². The van der Waals surface area contributed by atoms with Crippen LogP contribution in [0.1, 0.15) is 37.6 Å². The molecule has 0 aliphatic rings. The van der Waals surface area contributed by atoms with Crippen molar-refractivity contribution in [2.45, 2.75) is 59.4 Å². The van der Waals surface area contributed by atoms with Gasteiger partial charge < -0.3 is 8.85 Å². The number of ketones is 1. The zero-order valence-electron chi connectivity index (χ0n) is 15.7. The smallest absolute Gasteiger partial charge is 0.170 e. The summed E-state index contributed by atoms with van der Waals surface area (Å²) in [4.78, 5) is 12.2. The van der Waals surface area contributed by atoms with Gasteiger partial charge in [-0.3, -0.25) is 4.79 Å². The minimum absolute atomic E-state index is 0.160. The van der Waals surface area contributed by atoms with Gasteiger partial charge in [-0.15, -0.1) is 0 Å². The summed E-state index contributed by atoms with van der Waals surface area (Å²) in [6, 6.07) is 8.63. The Bertz CT molecular complexity index is 498. The maximum absolute atomic E-state index is 12.2. The lowest BCUT2D eigenvalue weighted by Crippen LogP contribution is -2.33. The average Bonchev–Trinajstić information content (AvgIpc) is 2.40. The molecule has 0 saturated heterocycles. The number of Topliss-reactive ketones (excluding diaryl/α,β-unsaturated/α-hetero) is 1. The van der Waals surface area contributed by atoms with Crippen molar-refractivity contribution in [2.24, 2.45) is 5.41 Å². The molecule has 3 nitrogen and oxygen atoms in total. The molecule has 1 rings (SSSR count). The number of hydrogen-bond acceptors (Lipinski definition) is 3. The van der Waals surface area contributed by atoms with E-state index in [9.17, 15) is 4.79 Å². The second-order valence-electron chi connectivity index (χ2n) is 8.14. The maximum atomic E-state index is 12.2. The molecule has 0 radical (unpaired) electrons. The molecule has 130 valence electrons. The quantitative estimate of drug-likeness (QED) is 0.379. The van der Waals surface area contributed by atoms with Crippen LogP contribution < -0.4 is 4.74 Å². The lowest BCUT2D eigenvalue weighted by molar-refractivity contribution is 0.0858. The second kappa shape index (κ2) is 8.26. The van der Waals surface area contributed by atoms with Crippen LogP contribution in [0.4, 0.5) is 0 Å². The van der Waals surface area contributed by atoms with E-state index in [1.54, 1.807) is 0 Å². The lowest BCUT2D eigenvalue weighted by Gasteiger charge is -2.23. The zero-order valence-corrected chi connectivity index (χ0v) is 17.9. The first-order valence-corrected chi connectivity index (χ1v) is 14.3. The Labute approximate surface area is 144 Å². The van der Waals surface area contributed by atoms with Crippen LogP contribution in [0, 0.1) is 5.41 Å². The molecule has 1 atom stereocenters. The van der Waals surface area contributed by atoms with E-state index in [0.29, 0.717) is 6.61 Å². The number of carbonyl (C=O) groups is 1. The minimum Gasteiger partial charge on any atom is -0.494 e. The maximum Gasteiger partial charge on any atom is 0.170 e.